The molecular formula is C20H25N3O3. The molecular weight excluding hydrogens is 330 g/mol. The fourth-order valence-corrected chi connectivity index (χ4v) is 3.40. The zero-order valence-electron chi connectivity index (χ0n) is 15.4. The molecule has 0 radical (unpaired) electrons. The van der Waals surface area contributed by atoms with Crippen molar-refractivity contribution in [1.82, 2.24) is 15.2 Å². The minimum absolute atomic E-state index is 0.0948. The van der Waals surface area contributed by atoms with Crippen LogP contribution >= 0.6 is 0 Å². The van der Waals surface area contributed by atoms with Crippen molar-refractivity contribution in [3.63, 3.8) is 0 Å². The molecule has 2 heterocycles. The molecule has 0 spiro atoms. The van der Waals surface area contributed by atoms with E-state index in [-0.39, 0.29) is 11.9 Å². The number of aromatic nitrogens is 1. The number of likely N-dealkylation sites (N-methyl/N-ethyl adjacent to an activating group) is 1. The first-order valence-electron chi connectivity index (χ1n) is 9.12. The molecule has 0 saturated carbocycles. The maximum Gasteiger partial charge on any atom is 0.305 e. The van der Waals surface area contributed by atoms with Crippen molar-refractivity contribution in [3.8, 4) is 0 Å². The number of esters is 1. The van der Waals surface area contributed by atoms with E-state index in [0.717, 1.165) is 53.8 Å². The summed E-state index contributed by atoms with van der Waals surface area (Å²) < 4.78 is 4.63. The Bertz CT molecular complexity index is 819. The fraction of sp³-hybridized carbons (Fsp3) is 0.450. The number of carbonyl (C=O) groups excluding carboxylic acids is 2. The van der Waals surface area contributed by atoms with Crippen molar-refractivity contribution in [3.05, 3.63) is 41.1 Å². The molecule has 6 heteroatoms. The predicted molar refractivity (Wildman–Crippen MR) is 100.0 cm³/mol. The molecule has 138 valence electrons. The number of carbonyl (C=O) groups is 2. The Kier molecular flexibility index (Phi) is 5.83. The third-order valence-electron chi connectivity index (χ3n) is 4.87. The molecule has 0 unspecified atom stereocenters. The second-order valence-corrected chi connectivity index (χ2v) is 6.48. The van der Waals surface area contributed by atoms with Crippen molar-refractivity contribution in [2.24, 2.45) is 0 Å². The van der Waals surface area contributed by atoms with Crippen LogP contribution in [0.15, 0.2) is 24.3 Å². The van der Waals surface area contributed by atoms with Gasteiger partial charge in [-0.05, 0) is 19.0 Å². The minimum atomic E-state index is -0.260. The molecule has 2 aromatic rings. The van der Waals surface area contributed by atoms with Crippen LogP contribution in [0.3, 0.4) is 0 Å². The maximum absolute atomic E-state index is 13.0. The molecule has 1 amide bonds. The normalized spacial score (nSPS) is 14.1. The summed E-state index contributed by atoms with van der Waals surface area (Å²) in [5.74, 6) is -0.354. The number of hydrogen-bond donors (Lipinski definition) is 1. The Morgan fingerprint density at radius 3 is 2.88 bits per heavy atom. The topological polar surface area (TPSA) is 71.5 Å². The van der Waals surface area contributed by atoms with Crippen LogP contribution in [0.5, 0.6) is 0 Å². The molecule has 0 aliphatic carbocycles. The molecule has 26 heavy (non-hydrogen) atoms. The monoisotopic (exact) mass is 355 g/mol. The Hall–Kier alpha value is -2.47. The molecule has 1 aromatic heterocycles. The standard InChI is InChI=1S/C20H25N3O3/c1-3-23-12-10-17-15(13-23)19(14-7-4-5-8-16(14)22-17)20(25)21-11-6-9-18(24)26-2/h4-5,7-8H,3,6,9-13H2,1-2H3,(H,21,25). The van der Waals surface area contributed by atoms with Gasteiger partial charge in [-0.25, -0.2) is 0 Å². The van der Waals surface area contributed by atoms with E-state index in [9.17, 15) is 9.59 Å². The molecule has 0 fully saturated rings. The van der Waals surface area contributed by atoms with Gasteiger partial charge in [-0.3, -0.25) is 19.5 Å². The number of fused-ring (bicyclic) bond motifs is 2. The molecule has 0 bridgehead atoms. The number of nitrogens with zero attached hydrogens (tertiary/aromatic N) is 2. The number of benzene rings is 1. The van der Waals surface area contributed by atoms with E-state index in [1.54, 1.807) is 0 Å². The summed E-state index contributed by atoms with van der Waals surface area (Å²) in [4.78, 5) is 31.3. The van der Waals surface area contributed by atoms with Crippen LogP contribution in [0, 0.1) is 0 Å². The summed E-state index contributed by atoms with van der Waals surface area (Å²) in [6.45, 7) is 5.24. The Morgan fingerprint density at radius 2 is 2.12 bits per heavy atom. The molecule has 1 N–H and O–H groups in total. The second-order valence-electron chi connectivity index (χ2n) is 6.48. The van der Waals surface area contributed by atoms with Crippen molar-refractivity contribution < 1.29 is 14.3 Å². The average Bonchev–Trinajstić information content (AvgIpc) is 2.68. The Labute approximate surface area is 153 Å². The highest BCUT2D eigenvalue weighted by atomic mass is 16.5. The van der Waals surface area contributed by atoms with Crippen LogP contribution in [-0.2, 0) is 22.5 Å². The summed E-state index contributed by atoms with van der Waals surface area (Å²) in [5.41, 5.74) is 3.63. The first-order valence-corrected chi connectivity index (χ1v) is 9.12. The zero-order valence-corrected chi connectivity index (χ0v) is 15.4. The van der Waals surface area contributed by atoms with Gasteiger partial charge in [0.2, 0.25) is 0 Å². The van der Waals surface area contributed by atoms with Crippen LogP contribution < -0.4 is 5.32 Å². The SMILES string of the molecule is CCN1CCc2nc3ccccc3c(C(=O)NCCCC(=O)OC)c2C1. The summed E-state index contributed by atoms with van der Waals surface area (Å²) in [6, 6.07) is 7.79. The van der Waals surface area contributed by atoms with E-state index in [1.807, 2.05) is 24.3 Å². The lowest BCUT2D eigenvalue weighted by molar-refractivity contribution is -0.140. The number of ether oxygens (including phenoxy) is 1. The predicted octanol–water partition coefficient (Wildman–Crippen LogP) is 2.30. The van der Waals surface area contributed by atoms with E-state index < -0.39 is 0 Å². The van der Waals surface area contributed by atoms with Crippen molar-refractivity contribution in [2.45, 2.75) is 32.7 Å². The van der Waals surface area contributed by atoms with Crippen LogP contribution in [-0.4, -0.2) is 48.5 Å². The molecule has 0 saturated heterocycles. The van der Waals surface area contributed by atoms with Crippen molar-refractivity contribution >= 4 is 22.8 Å². The van der Waals surface area contributed by atoms with E-state index in [0.29, 0.717) is 19.4 Å². The number of hydrogen-bond acceptors (Lipinski definition) is 5. The molecule has 1 aliphatic heterocycles. The van der Waals surface area contributed by atoms with Gasteiger partial charge in [0.1, 0.15) is 0 Å². The quantitative estimate of drug-likeness (QED) is 0.636. The Balaban J connectivity index is 1.88. The average molecular weight is 355 g/mol. The third-order valence-corrected chi connectivity index (χ3v) is 4.87. The maximum atomic E-state index is 13.0. The number of pyridine rings is 1. The third kappa shape index (κ3) is 3.85. The second kappa shape index (κ2) is 8.27. The number of rotatable bonds is 6. The van der Waals surface area contributed by atoms with E-state index in [4.69, 9.17) is 4.98 Å². The lowest BCUT2D eigenvalue weighted by Crippen LogP contribution is -2.34. The van der Waals surface area contributed by atoms with Crippen molar-refractivity contribution in [2.75, 3.05) is 26.7 Å². The van der Waals surface area contributed by atoms with Crippen molar-refractivity contribution in [1.29, 1.82) is 0 Å². The van der Waals surface area contributed by atoms with Gasteiger partial charge in [-0.15, -0.1) is 0 Å². The largest absolute Gasteiger partial charge is 0.469 e. The minimum Gasteiger partial charge on any atom is -0.469 e. The molecule has 1 aromatic carbocycles. The van der Waals surface area contributed by atoms with Crippen LogP contribution in [0.25, 0.3) is 10.9 Å². The smallest absolute Gasteiger partial charge is 0.305 e. The first-order chi connectivity index (χ1) is 12.6. The Morgan fingerprint density at radius 1 is 1.31 bits per heavy atom. The van der Waals surface area contributed by atoms with Gasteiger partial charge in [0.05, 0.1) is 18.2 Å². The number of methoxy groups -OCH3 is 1. The zero-order chi connectivity index (χ0) is 18.5. The van der Waals surface area contributed by atoms with Crippen LogP contribution in [0.2, 0.25) is 0 Å². The van der Waals surface area contributed by atoms with Gasteiger partial charge in [0.25, 0.3) is 5.91 Å². The van der Waals surface area contributed by atoms with Gasteiger partial charge in [-0.1, -0.05) is 25.1 Å². The van der Waals surface area contributed by atoms with Crippen LogP contribution in [0.4, 0.5) is 0 Å². The fourth-order valence-electron chi connectivity index (χ4n) is 3.40. The summed E-state index contributed by atoms with van der Waals surface area (Å²) >= 11 is 0. The summed E-state index contributed by atoms with van der Waals surface area (Å²) in [5, 5.41) is 3.84. The molecule has 1 aliphatic rings. The van der Waals surface area contributed by atoms with Gasteiger partial charge in [-0.2, -0.15) is 0 Å². The highest BCUT2D eigenvalue weighted by Crippen LogP contribution is 2.28. The van der Waals surface area contributed by atoms with Gasteiger partial charge in [0, 0.05) is 49.1 Å². The summed E-state index contributed by atoms with van der Waals surface area (Å²) in [7, 11) is 1.37. The lowest BCUT2D eigenvalue weighted by atomic mass is 9.95. The molecule has 6 nitrogen and oxygen atoms in total. The van der Waals surface area contributed by atoms with Crippen LogP contribution in [0.1, 0.15) is 41.4 Å². The van der Waals surface area contributed by atoms with Gasteiger partial charge in [0.15, 0.2) is 0 Å². The number of amides is 1. The number of para-hydroxylation sites is 1. The van der Waals surface area contributed by atoms with Gasteiger partial charge >= 0.3 is 5.97 Å². The highest BCUT2D eigenvalue weighted by molar-refractivity contribution is 6.07. The van der Waals surface area contributed by atoms with E-state index >= 15 is 0 Å². The first kappa shape index (κ1) is 18.3. The summed E-state index contributed by atoms with van der Waals surface area (Å²) in [6.07, 6.45) is 1.72. The number of nitrogens with one attached hydrogen (secondary N) is 1. The van der Waals surface area contributed by atoms with E-state index in [2.05, 4.69) is 21.9 Å². The highest BCUT2D eigenvalue weighted by Gasteiger charge is 2.25. The van der Waals surface area contributed by atoms with E-state index in [1.165, 1.54) is 7.11 Å². The van der Waals surface area contributed by atoms with Gasteiger partial charge < -0.3 is 10.1 Å². The molecule has 0 atom stereocenters. The lowest BCUT2D eigenvalue weighted by Gasteiger charge is -2.29. The molecule has 3 rings (SSSR count).